The molecular formula is C11H7N5O3. The summed E-state index contributed by atoms with van der Waals surface area (Å²) in [5.74, 6) is 2.56. The van der Waals surface area contributed by atoms with Crippen molar-refractivity contribution in [3.8, 4) is 34.6 Å². The fraction of sp³-hybridized carbons (Fsp3) is 0.0909. The first kappa shape index (κ1) is 10.1. The lowest BCUT2D eigenvalue weighted by Gasteiger charge is -1.97. The summed E-state index contributed by atoms with van der Waals surface area (Å²) < 4.78 is 15.7. The Morgan fingerprint density at radius 1 is 1.16 bits per heavy atom. The normalized spacial score (nSPS) is 12.8. The number of aromatic nitrogens is 5. The van der Waals surface area contributed by atoms with Crippen LogP contribution in [0.5, 0.6) is 11.5 Å². The van der Waals surface area contributed by atoms with Gasteiger partial charge in [0.1, 0.15) is 6.33 Å². The summed E-state index contributed by atoms with van der Waals surface area (Å²) in [5.41, 5.74) is 0.752. The summed E-state index contributed by atoms with van der Waals surface area (Å²) in [6.07, 6.45) is 1.38. The van der Waals surface area contributed by atoms with E-state index < -0.39 is 0 Å². The molecule has 0 atom stereocenters. The van der Waals surface area contributed by atoms with Gasteiger partial charge in [-0.15, -0.1) is 0 Å². The average Bonchev–Trinajstić information content (AvgIpc) is 3.18. The van der Waals surface area contributed by atoms with Gasteiger partial charge < -0.3 is 14.0 Å². The highest BCUT2D eigenvalue weighted by molar-refractivity contribution is 5.61. The van der Waals surface area contributed by atoms with Gasteiger partial charge in [0.2, 0.25) is 12.6 Å². The highest BCUT2D eigenvalue weighted by Crippen LogP contribution is 2.35. The molecule has 3 aromatic rings. The van der Waals surface area contributed by atoms with Crippen LogP contribution < -0.4 is 9.47 Å². The van der Waals surface area contributed by atoms with Crippen molar-refractivity contribution in [1.29, 1.82) is 0 Å². The highest BCUT2D eigenvalue weighted by atomic mass is 16.7. The van der Waals surface area contributed by atoms with Gasteiger partial charge in [0, 0.05) is 5.56 Å². The maximum absolute atomic E-state index is 5.30. The van der Waals surface area contributed by atoms with Gasteiger partial charge in [0.25, 0.3) is 5.89 Å². The van der Waals surface area contributed by atoms with Crippen molar-refractivity contribution in [2.45, 2.75) is 0 Å². The van der Waals surface area contributed by atoms with Gasteiger partial charge in [-0.3, -0.25) is 5.10 Å². The smallest absolute Gasteiger partial charge is 0.258 e. The van der Waals surface area contributed by atoms with E-state index in [9.17, 15) is 0 Å². The van der Waals surface area contributed by atoms with E-state index in [0.29, 0.717) is 29.0 Å². The number of fused-ring (bicyclic) bond motifs is 1. The van der Waals surface area contributed by atoms with E-state index in [-0.39, 0.29) is 6.79 Å². The molecule has 1 aromatic carbocycles. The van der Waals surface area contributed by atoms with Gasteiger partial charge in [0.05, 0.1) is 0 Å². The predicted octanol–water partition coefficient (Wildman–Crippen LogP) is 1.25. The number of hydrogen-bond donors (Lipinski definition) is 1. The molecule has 0 aliphatic carbocycles. The molecule has 0 saturated heterocycles. The minimum absolute atomic E-state index is 0.228. The van der Waals surface area contributed by atoms with Crippen molar-refractivity contribution in [2.75, 3.05) is 6.79 Å². The third-order valence-corrected chi connectivity index (χ3v) is 2.67. The molecule has 2 aromatic heterocycles. The van der Waals surface area contributed by atoms with E-state index in [1.807, 2.05) is 6.07 Å². The zero-order valence-corrected chi connectivity index (χ0v) is 9.53. The number of benzene rings is 1. The van der Waals surface area contributed by atoms with Gasteiger partial charge in [-0.25, -0.2) is 4.98 Å². The Labute approximate surface area is 106 Å². The molecule has 8 heteroatoms. The van der Waals surface area contributed by atoms with Crippen LogP contribution in [0.2, 0.25) is 0 Å². The molecule has 4 rings (SSSR count). The van der Waals surface area contributed by atoms with Crippen LogP contribution in [0.4, 0.5) is 0 Å². The number of H-pyrrole nitrogens is 1. The lowest BCUT2D eigenvalue weighted by atomic mass is 10.2. The van der Waals surface area contributed by atoms with Crippen molar-refractivity contribution in [2.24, 2.45) is 0 Å². The summed E-state index contributed by atoms with van der Waals surface area (Å²) in [5, 5.41) is 10.2. The number of rotatable bonds is 2. The highest BCUT2D eigenvalue weighted by Gasteiger charge is 2.17. The average molecular weight is 257 g/mol. The monoisotopic (exact) mass is 257 g/mol. The van der Waals surface area contributed by atoms with Crippen LogP contribution in [0.15, 0.2) is 29.0 Å². The number of hydrogen-bond acceptors (Lipinski definition) is 7. The van der Waals surface area contributed by atoms with E-state index in [0.717, 1.165) is 5.56 Å². The van der Waals surface area contributed by atoms with Crippen LogP contribution in [0.1, 0.15) is 0 Å². The second-order valence-electron chi connectivity index (χ2n) is 3.83. The summed E-state index contributed by atoms with van der Waals surface area (Å²) in [7, 11) is 0. The standard InChI is InChI=1S/C11H7N5O3/c1-2-7-8(18-5-17-7)3-6(1)11-14-10(16-19-11)9-12-4-13-15-9/h1-4H,5H2,(H,12,13,15). The van der Waals surface area contributed by atoms with Gasteiger partial charge >= 0.3 is 0 Å². The van der Waals surface area contributed by atoms with Crippen molar-refractivity contribution < 1.29 is 14.0 Å². The van der Waals surface area contributed by atoms with E-state index in [1.54, 1.807) is 12.1 Å². The molecule has 0 fully saturated rings. The quantitative estimate of drug-likeness (QED) is 0.737. The largest absolute Gasteiger partial charge is 0.454 e. The van der Waals surface area contributed by atoms with Crippen LogP contribution >= 0.6 is 0 Å². The Kier molecular flexibility index (Phi) is 2.01. The Balaban J connectivity index is 1.73. The summed E-state index contributed by atoms with van der Waals surface area (Å²) >= 11 is 0. The van der Waals surface area contributed by atoms with E-state index >= 15 is 0 Å². The molecule has 19 heavy (non-hydrogen) atoms. The fourth-order valence-corrected chi connectivity index (χ4v) is 1.78. The van der Waals surface area contributed by atoms with E-state index in [2.05, 4.69) is 25.3 Å². The second kappa shape index (κ2) is 3.80. The molecule has 0 bridgehead atoms. The van der Waals surface area contributed by atoms with Crippen LogP contribution in [-0.2, 0) is 0 Å². The summed E-state index contributed by atoms with van der Waals surface area (Å²) in [6, 6.07) is 5.42. The number of nitrogens with one attached hydrogen (secondary N) is 1. The topological polar surface area (TPSA) is 99.0 Å². The summed E-state index contributed by atoms with van der Waals surface area (Å²) in [6.45, 7) is 0.228. The van der Waals surface area contributed by atoms with Gasteiger partial charge in [0.15, 0.2) is 17.3 Å². The first-order valence-corrected chi connectivity index (χ1v) is 5.49. The molecular weight excluding hydrogens is 250 g/mol. The molecule has 1 N–H and O–H groups in total. The summed E-state index contributed by atoms with van der Waals surface area (Å²) in [4.78, 5) is 8.20. The molecule has 94 valence electrons. The van der Waals surface area contributed by atoms with Crippen LogP contribution in [0, 0.1) is 0 Å². The molecule has 0 spiro atoms. The number of aromatic amines is 1. The first-order valence-electron chi connectivity index (χ1n) is 5.49. The Bertz CT molecular complexity index is 722. The maximum atomic E-state index is 5.30. The first-order chi connectivity index (χ1) is 9.40. The van der Waals surface area contributed by atoms with E-state index in [1.165, 1.54) is 6.33 Å². The molecule has 8 nitrogen and oxygen atoms in total. The fourth-order valence-electron chi connectivity index (χ4n) is 1.78. The lowest BCUT2D eigenvalue weighted by Crippen LogP contribution is -1.92. The van der Waals surface area contributed by atoms with Gasteiger partial charge in [-0.05, 0) is 18.2 Å². The Morgan fingerprint density at radius 3 is 3.00 bits per heavy atom. The Morgan fingerprint density at radius 2 is 2.11 bits per heavy atom. The minimum Gasteiger partial charge on any atom is -0.454 e. The van der Waals surface area contributed by atoms with Gasteiger partial charge in [-0.1, -0.05) is 5.16 Å². The van der Waals surface area contributed by atoms with Crippen LogP contribution in [0.3, 0.4) is 0 Å². The number of ether oxygens (including phenoxy) is 2. The van der Waals surface area contributed by atoms with Gasteiger partial charge in [-0.2, -0.15) is 10.1 Å². The van der Waals surface area contributed by atoms with Crippen molar-refractivity contribution in [1.82, 2.24) is 25.3 Å². The minimum atomic E-state index is 0.228. The second-order valence-corrected chi connectivity index (χ2v) is 3.83. The SMILES string of the molecule is c1n[nH]c(-c2noc(-c3ccc4c(c3)OCO4)n2)n1. The van der Waals surface area contributed by atoms with E-state index in [4.69, 9.17) is 14.0 Å². The molecule has 1 aliphatic heterocycles. The molecule has 3 heterocycles. The molecule has 0 amide bonds. The third kappa shape index (κ3) is 1.61. The predicted molar refractivity (Wildman–Crippen MR) is 61.2 cm³/mol. The third-order valence-electron chi connectivity index (χ3n) is 2.67. The maximum Gasteiger partial charge on any atom is 0.258 e. The van der Waals surface area contributed by atoms with Crippen LogP contribution in [-0.4, -0.2) is 32.1 Å². The van der Waals surface area contributed by atoms with Crippen molar-refractivity contribution in [3.63, 3.8) is 0 Å². The molecule has 1 aliphatic rings. The lowest BCUT2D eigenvalue weighted by molar-refractivity contribution is 0.174. The number of nitrogens with zero attached hydrogens (tertiary/aromatic N) is 4. The molecule has 0 radical (unpaired) electrons. The molecule has 0 saturated carbocycles. The zero-order valence-electron chi connectivity index (χ0n) is 9.53. The molecule has 0 unspecified atom stereocenters. The van der Waals surface area contributed by atoms with Crippen molar-refractivity contribution >= 4 is 0 Å². The Hall–Kier alpha value is -2.90. The zero-order chi connectivity index (χ0) is 12.7. The van der Waals surface area contributed by atoms with Crippen molar-refractivity contribution in [3.05, 3.63) is 24.5 Å². The van der Waals surface area contributed by atoms with Crippen LogP contribution in [0.25, 0.3) is 23.1 Å².